The van der Waals surface area contributed by atoms with Crippen molar-refractivity contribution < 1.29 is 9.57 Å². The van der Waals surface area contributed by atoms with Gasteiger partial charge in [0, 0.05) is 6.21 Å². The first kappa shape index (κ1) is 10.5. The molecule has 0 bridgehead atoms. The van der Waals surface area contributed by atoms with E-state index in [4.69, 9.17) is 9.57 Å². The van der Waals surface area contributed by atoms with Gasteiger partial charge in [0.2, 0.25) is 0 Å². The Morgan fingerprint density at radius 1 is 1.58 bits per heavy atom. The van der Waals surface area contributed by atoms with Gasteiger partial charge in [-0.2, -0.15) is 0 Å². The standard InChI is InChI=1S/C9H13NO2/c1-4-6-7-11-8-9(3)12-10-5-2/h4-7H,1,3,8H2,2H3. The molecule has 3 nitrogen and oxygen atoms in total. The van der Waals surface area contributed by atoms with Crippen molar-refractivity contribution >= 4 is 6.21 Å². The summed E-state index contributed by atoms with van der Waals surface area (Å²) in [6.45, 7) is 9.10. The van der Waals surface area contributed by atoms with Crippen LogP contribution in [0.25, 0.3) is 0 Å². The zero-order valence-electron chi connectivity index (χ0n) is 7.19. The van der Waals surface area contributed by atoms with Gasteiger partial charge in [-0.3, -0.25) is 0 Å². The molecular weight excluding hydrogens is 154 g/mol. The Morgan fingerprint density at radius 2 is 2.33 bits per heavy atom. The van der Waals surface area contributed by atoms with Crippen molar-refractivity contribution in [3.63, 3.8) is 0 Å². The van der Waals surface area contributed by atoms with Crippen molar-refractivity contribution in [2.24, 2.45) is 5.16 Å². The van der Waals surface area contributed by atoms with E-state index in [1.807, 2.05) is 0 Å². The van der Waals surface area contributed by atoms with Crippen molar-refractivity contribution in [1.29, 1.82) is 0 Å². The van der Waals surface area contributed by atoms with Crippen LogP contribution < -0.4 is 0 Å². The molecule has 0 aliphatic heterocycles. The fourth-order valence-corrected chi connectivity index (χ4v) is 0.406. The minimum absolute atomic E-state index is 0.293. The van der Waals surface area contributed by atoms with Crippen LogP contribution in [0.4, 0.5) is 0 Å². The maximum atomic E-state index is 4.98. The third-order valence-corrected chi connectivity index (χ3v) is 0.842. The number of hydrogen-bond donors (Lipinski definition) is 0. The lowest BCUT2D eigenvalue weighted by molar-refractivity contribution is 0.160. The Labute approximate surface area is 72.7 Å². The van der Waals surface area contributed by atoms with E-state index < -0.39 is 0 Å². The zero-order chi connectivity index (χ0) is 9.23. The lowest BCUT2D eigenvalue weighted by Gasteiger charge is -2.00. The molecular formula is C9H13NO2. The number of ether oxygens (including phenoxy) is 1. The lowest BCUT2D eigenvalue weighted by atomic mass is 10.6. The molecule has 0 aromatic carbocycles. The minimum Gasteiger partial charge on any atom is -0.493 e. The molecule has 0 rings (SSSR count). The molecule has 0 saturated heterocycles. The van der Waals surface area contributed by atoms with Crippen molar-refractivity contribution in [3.05, 3.63) is 37.3 Å². The number of hydrogen-bond acceptors (Lipinski definition) is 3. The molecule has 0 aromatic rings. The largest absolute Gasteiger partial charge is 0.493 e. The van der Waals surface area contributed by atoms with E-state index in [0.717, 1.165) is 0 Å². The molecule has 0 atom stereocenters. The summed E-state index contributed by atoms with van der Waals surface area (Å²) in [4.78, 5) is 4.76. The van der Waals surface area contributed by atoms with Crippen molar-refractivity contribution in [2.45, 2.75) is 6.92 Å². The molecule has 0 unspecified atom stereocenters. The molecule has 3 heteroatoms. The minimum atomic E-state index is 0.293. The molecule has 0 spiro atoms. The fraction of sp³-hybridized carbons (Fsp3) is 0.222. The Balaban J connectivity index is 3.43. The highest BCUT2D eigenvalue weighted by atomic mass is 16.6. The first-order valence-electron chi connectivity index (χ1n) is 3.53. The third-order valence-electron chi connectivity index (χ3n) is 0.842. The Kier molecular flexibility index (Phi) is 6.64. The second-order valence-corrected chi connectivity index (χ2v) is 1.87. The van der Waals surface area contributed by atoms with E-state index >= 15 is 0 Å². The number of allylic oxidation sites excluding steroid dienone is 2. The van der Waals surface area contributed by atoms with E-state index in [-0.39, 0.29) is 0 Å². The summed E-state index contributed by atoms with van der Waals surface area (Å²) in [6, 6.07) is 0. The molecule has 0 saturated carbocycles. The molecule has 12 heavy (non-hydrogen) atoms. The quantitative estimate of drug-likeness (QED) is 0.263. The van der Waals surface area contributed by atoms with Gasteiger partial charge in [-0.1, -0.05) is 24.4 Å². The first-order valence-corrected chi connectivity index (χ1v) is 3.53. The van der Waals surface area contributed by atoms with Crippen LogP contribution in [-0.2, 0) is 9.57 Å². The van der Waals surface area contributed by atoms with Gasteiger partial charge in [-0.05, 0) is 13.0 Å². The van der Waals surface area contributed by atoms with Crippen LogP contribution in [0.15, 0.2) is 42.5 Å². The zero-order valence-corrected chi connectivity index (χ0v) is 7.19. The molecule has 0 amide bonds. The van der Waals surface area contributed by atoms with Gasteiger partial charge in [-0.15, -0.1) is 0 Å². The summed E-state index contributed by atoms with van der Waals surface area (Å²) in [6.07, 6.45) is 6.34. The van der Waals surface area contributed by atoms with Crippen LogP contribution in [-0.4, -0.2) is 12.8 Å². The highest BCUT2D eigenvalue weighted by Crippen LogP contribution is 1.94. The number of nitrogens with zero attached hydrogens (tertiary/aromatic N) is 1. The summed E-state index contributed by atoms with van der Waals surface area (Å²) >= 11 is 0. The summed E-state index contributed by atoms with van der Waals surface area (Å²) in [5.74, 6) is 0.460. The lowest BCUT2D eigenvalue weighted by Crippen LogP contribution is -1.93. The van der Waals surface area contributed by atoms with Crippen molar-refractivity contribution in [2.75, 3.05) is 6.61 Å². The molecule has 0 N–H and O–H groups in total. The molecule has 0 radical (unpaired) electrons. The van der Waals surface area contributed by atoms with E-state index in [9.17, 15) is 0 Å². The second-order valence-electron chi connectivity index (χ2n) is 1.87. The van der Waals surface area contributed by atoms with E-state index in [1.165, 1.54) is 12.5 Å². The van der Waals surface area contributed by atoms with Gasteiger partial charge in [0.25, 0.3) is 0 Å². The second kappa shape index (κ2) is 7.60. The maximum Gasteiger partial charge on any atom is 0.165 e. The topological polar surface area (TPSA) is 30.8 Å². The average molecular weight is 167 g/mol. The Bertz CT molecular complexity index is 195. The first-order chi connectivity index (χ1) is 5.81. The monoisotopic (exact) mass is 167 g/mol. The molecule has 66 valence electrons. The van der Waals surface area contributed by atoms with Crippen molar-refractivity contribution in [3.8, 4) is 0 Å². The fourth-order valence-electron chi connectivity index (χ4n) is 0.406. The maximum absolute atomic E-state index is 4.98. The summed E-state index contributed by atoms with van der Waals surface area (Å²) in [7, 11) is 0. The van der Waals surface area contributed by atoms with Gasteiger partial charge in [-0.25, -0.2) is 0 Å². The van der Waals surface area contributed by atoms with Gasteiger partial charge in [0.1, 0.15) is 6.61 Å². The molecule has 0 aliphatic rings. The van der Waals surface area contributed by atoms with Gasteiger partial charge >= 0.3 is 0 Å². The van der Waals surface area contributed by atoms with E-state index in [0.29, 0.717) is 12.4 Å². The average Bonchev–Trinajstić information content (AvgIpc) is 2.09. The highest BCUT2D eigenvalue weighted by molar-refractivity contribution is 5.52. The number of oxime groups is 1. The van der Waals surface area contributed by atoms with Crippen molar-refractivity contribution in [1.82, 2.24) is 0 Å². The van der Waals surface area contributed by atoms with Gasteiger partial charge in [0.05, 0.1) is 6.26 Å². The normalized spacial score (nSPS) is 10.4. The SMILES string of the molecule is C=CC=COCC(=C)ON=CC. The summed E-state index contributed by atoms with van der Waals surface area (Å²) < 4.78 is 4.98. The van der Waals surface area contributed by atoms with Gasteiger partial charge < -0.3 is 9.57 Å². The van der Waals surface area contributed by atoms with Crippen LogP contribution in [0.1, 0.15) is 6.92 Å². The predicted octanol–water partition coefficient (Wildman–Crippen LogP) is 2.24. The summed E-state index contributed by atoms with van der Waals surface area (Å²) in [5.41, 5.74) is 0. The highest BCUT2D eigenvalue weighted by Gasteiger charge is 1.90. The smallest absolute Gasteiger partial charge is 0.165 e. The van der Waals surface area contributed by atoms with Crippen LogP contribution in [0.2, 0.25) is 0 Å². The predicted molar refractivity (Wildman–Crippen MR) is 49.7 cm³/mol. The Hall–Kier alpha value is -1.51. The Morgan fingerprint density at radius 3 is 2.92 bits per heavy atom. The molecule has 0 aliphatic carbocycles. The summed E-state index contributed by atoms with van der Waals surface area (Å²) in [5, 5.41) is 3.52. The van der Waals surface area contributed by atoms with E-state index in [1.54, 1.807) is 19.1 Å². The van der Waals surface area contributed by atoms with Crippen LogP contribution >= 0.6 is 0 Å². The van der Waals surface area contributed by atoms with Crippen LogP contribution in [0.5, 0.6) is 0 Å². The molecule has 0 fully saturated rings. The van der Waals surface area contributed by atoms with Crippen LogP contribution in [0.3, 0.4) is 0 Å². The number of rotatable bonds is 6. The van der Waals surface area contributed by atoms with E-state index in [2.05, 4.69) is 18.3 Å². The van der Waals surface area contributed by atoms with Gasteiger partial charge in [0.15, 0.2) is 5.76 Å². The third kappa shape index (κ3) is 6.61. The van der Waals surface area contributed by atoms with Crippen LogP contribution in [0, 0.1) is 0 Å². The molecule has 0 aromatic heterocycles. The molecule has 0 heterocycles.